The monoisotopic (exact) mass is 472 g/mol. The first kappa shape index (κ1) is 20.7. The molecule has 8 heteroatoms. The molecular formula is C18H29IN6O. The van der Waals surface area contributed by atoms with Crippen molar-refractivity contribution in [1.82, 2.24) is 24.9 Å². The largest absolute Gasteiger partial charge is 0.361 e. The summed E-state index contributed by atoms with van der Waals surface area (Å²) in [5.74, 6) is 2.50. The van der Waals surface area contributed by atoms with E-state index in [0.717, 1.165) is 49.9 Å². The van der Waals surface area contributed by atoms with E-state index < -0.39 is 0 Å². The Hall–Kier alpha value is -1.58. The number of guanidine groups is 1. The Balaban J connectivity index is 0.00000243. The van der Waals surface area contributed by atoms with E-state index in [1.807, 2.05) is 33.4 Å². The molecule has 7 nitrogen and oxygen atoms in total. The minimum absolute atomic E-state index is 0. The highest BCUT2D eigenvalue weighted by Crippen LogP contribution is 2.27. The number of nitrogens with zero attached hydrogens (tertiary/aromatic N) is 5. The van der Waals surface area contributed by atoms with Crippen molar-refractivity contribution < 1.29 is 4.52 Å². The topological polar surface area (TPSA) is 71.5 Å². The van der Waals surface area contributed by atoms with Gasteiger partial charge in [-0.1, -0.05) is 12.1 Å². The summed E-state index contributed by atoms with van der Waals surface area (Å²) in [5, 5.41) is 7.51. The Morgan fingerprint density at radius 3 is 2.85 bits per heavy atom. The quantitative estimate of drug-likeness (QED) is 0.421. The molecule has 1 saturated heterocycles. The highest BCUT2D eigenvalue weighted by atomic mass is 127. The van der Waals surface area contributed by atoms with Gasteiger partial charge in [0.25, 0.3) is 0 Å². The highest BCUT2D eigenvalue weighted by molar-refractivity contribution is 14.0. The van der Waals surface area contributed by atoms with Gasteiger partial charge in [0.1, 0.15) is 5.76 Å². The maximum Gasteiger partial charge on any atom is 0.193 e. The average molecular weight is 472 g/mol. The minimum atomic E-state index is 0. The van der Waals surface area contributed by atoms with Crippen molar-refractivity contribution in [2.45, 2.75) is 39.7 Å². The summed E-state index contributed by atoms with van der Waals surface area (Å²) in [6.07, 6.45) is 7.85. The third kappa shape index (κ3) is 4.57. The molecule has 1 fully saturated rings. The molecule has 26 heavy (non-hydrogen) atoms. The number of piperidine rings is 1. The summed E-state index contributed by atoms with van der Waals surface area (Å²) in [6, 6.07) is 0.428. The van der Waals surface area contributed by atoms with Crippen LogP contribution >= 0.6 is 24.0 Å². The fraction of sp³-hybridized carbons (Fsp3) is 0.611. The zero-order chi connectivity index (χ0) is 17.8. The van der Waals surface area contributed by atoms with E-state index in [-0.39, 0.29) is 24.0 Å². The van der Waals surface area contributed by atoms with Gasteiger partial charge in [0.05, 0.1) is 18.1 Å². The van der Waals surface area contributed by atoms with Crippen LogP contribution in [0.1, 0.15) is 36.4 Å². The summed E-state index contributed by atoms with van der Waals surface area (Å²) in [6.45, 7) is 9.06. The van der Waals surface area contributed by atoms with Gasteiger partial charge in [-0.05, 0) is 32.6 Å². The van der Waals surface area contributed by atoms with Gasteiger partial charge in [-0.15, -0.1) is 24.0 Å². The normalized spacial score (nSPS) is 20.8. The second-order valence-corrected chi connectivity index (χ2v) is 6.82. The molecule has 0 radical (unpaired) electrons. The van der Waals surface area contributed by atoms with E-state index in [4.69, 9.17) is 4.52 Å². The number of likely N-dealkylation sites (tertiary alicyclic amines) is 1. The molecule has 1 aliphatic heterocycles. The molecule has 1 aliphatic rings. The van der Waals surface area contributed by atoms with E-state index >= 15 is 0 Å². The van der Waals surface area contributed by atoms with Gasteiger partial charge < -0.3 is 19.3 Å². The van der Waals surface area contributed by atoms with Crippen LogP contribution in [-0.2, 0) is 6.42 Å². The summed E-state index contributed by atoms with van der Waals surface area (Å²) in [4.78, 5) is 11.0. The molecule has 0 amide bonds. The summed E-state index contributed by atoms with van der Waals surface area (Å²) >= 11 is 0. The van der Waals surface area contributed by atoms with Crippen LogP contribution in [0.2, 0.25) is 0 Å². The minimum Gasteiger partial charge on any atom is -0.361 e. The standard InChI is InChI=1S/C18H28N6O.HI/c1-13-6-9-23(11-17(13)24-10-8-20-12-24)18(19-4)21-7-5-16-14(2)22-25-15(16)3;/h8,10,12-13,17H,5-7,9,11H2,1-4H3,(H,19,21);1H. The number of hydrogen-bond donors (Lipinski definition) is 1. The van der Waals surface area contributed by atoms with Crippen molar-refractivity contribution in [3.8, 4) is 0 Å². The Bertz CT molecular complexity index is 692. The van der Waals surface area contributed by atoms with E-state index in [0.29, 0.717) is 12.0 Å². The first-order chi connectivity index (χ1) is 12.1. The SMILES string of the molecule is CN=C(NCCc1c(C)noc1C)N1CCC(C)C(n2ccnc2)C1.I. The molecule has 2 aromatic rings. The zero-order valence-corrected chi connectivity index (χ0v) is 18.3. The Morgan fingerprint density at radius 2 is 2.23 bits per heavy atom. The number of nitrogens with one attached hydrogen (secondary N) is 1. The molecule has 0 spiro atoms. The average Bonchev–Trinajstić information content (AvgIpc) is 3.24. The van der Waals surface area contributed by atoms with Gasteiger partial charge in [0.15, 0.2) is 5.96 Å². The van der Waals surface area contributed by atoms with Gasteiger partial charge in [-0.3, -0.25) is 4.99 Å². The van der Waals surface area contributed by atoms with Gasteiger partial charge >= 0.3 is 0 Å². The number of aliphatic imine (C=N–C) groups is 1. The van der Waals surface area contributed by atoms with Crippen molar-refractivity contribution >= 4 is 29.9 Å². The molecule has 0 bridgehead atoms. The lowest BCUT2D eigenvalue weighted by atomic mass is 9.93. The van der Waals surface area contributed by atoms with Crippen molar-refractivity contribution in [2.24, 2.45) is 10.9 Å². The van der Waals surface area contributed by atoms with Crippen molar-refractivity contribution in [2.75, 3.05) is 26.7 Å². The molecule has 2 atom stereocenters. The van der Waals surface area contributed by atoms with E-state index in [9.17, 15) is 0 Å². The van der Waals surface area contributed by atoms with Crippen LogP contribution in [0.4, 0.5) is 0 Å². The summed E-state index contributed by atoms with van der Waals surface area (Å²) in [5.41, 5.74) is 2.16. The van der Waals surface area contributed by atoms with Crippen molar-refractivity contribution in [3.63, 3.8) is 0 Å². The number of rotatable bonds is 4. The Kier molecular flexibility index (Phi) is 7.48. The third-order valence-electron chi connectivity index (χ3n) is 5.18. The van der Waals surface area contributed by atoms with E-state index in [2.05, 4.69) is 43.0 Å². The second-order valence-electron chi connectivity index (χ2n) is 6.82. The fourth-order valence-electron chi connectivity index (χ4n) is 3.59. The summed E-state index contributed by atoms with van der Waals surface area (Å²) < 4.78 is 7.45. The number of aromatic nitrogens is 3. The molecule has 0 aromatic carbocycles. The number of imidazole rings is 1. The number of halogens is 1. The molecular weight excluding hydrogens is 443 g/mol. The lowest BCUT2D eigenvalue weighted by molar-refractivity contribution is 0.189. The molecule has 0 aliphatic carbocycles. The maximum atomic E-state index is 5.24. The lowest BCUT2D eigenvalue weighted by Gasteiger charge is -2.39. The van der Waals surface area contributed by atoms with Crippen molar-refractivity contribution in [1.29, 1.82) is 0 Å². The van der Waals surface area contributed by atoms with Gasteiger partial charge in [-0.2, -0.15) is 0 Å². The first-order valence-corrected chi connectivity index (χ1v) is 8.95. The number of aryl methyl sites for hydroxylation is 2. The molecule has 1 N–H and O–H groups in total. The van der Waals surface area contributed by atoms with Gasteiger partial charge in [-0.25, -0.2) is 4.98 Å². The van der Waals surface area contributed by atoms with Crippen LogP contribution in [0, 0.1) is 19.8 Å². The molecule has 144 valence electrons. The summed E-state index contributed by atoms with van der Waals surface area (Å²) in [7, 11) is 1.85. The van der Waals surface area contributed by atoms with Crippen LogP contribution in [-0.4, -0.2) is 52.2 Å². The molecule has 0 saturated carbocycles. The van der Waals surface area contributed by atoms with Crippen molar-refractivity contribution in [3.05, 3.63) is 35.7 Å². The van der Waals surface area contributed by atoms with Gasteiger partial charge in [0, 0.05) is 44.6 Å². The Labute approximate surface area is 172 Å². The van der Waals surface area contributed by atoms with E-state index in [1.165, 1.54) is 5.56 Å². The molecule has 2 unspecified atom stereocenters. The smallest absolute Gasteiger partial charge is 0.193 e. The lowest BCUT2D eigenvalue weighted by Crippen LogP contribution is -2.49. The molecule has 3 rings (SSSR count). The second kappa shape index (κ2) is 9.38. The highest BCUT2D eigenvalue weighted by Gasteiger charge is 2.28. The predicted molar refractivity (Wildman–Crippen MR) is 113 cm³/mol. The predicted octanol–water partition coefficient (Wildman–Crippen LogP) is 2.81. The van der Waals surface area contributed by atoms with Crippen LogP contribution in [0.15, 0.2) is 28.2 Å². The molecule has 2 aromatic heterocycles. The van der Waals surface area contributed by atoms with E-state index in [1.54, 1.807) is 0 Å². The number of hydrogen-bond acceptors (Lipinski definition) is 4. The van der Waals surface area contributed by atoms with Gasteiger partial charge in [0.2, 0.25) is 0 Å². The van der Waals surface area contributed by atoms with Crippen LogP contribution in [0.25, 0.3) is 0 Å². The van der Waals surface area contributed by atoms with Crippen LogP contribution in [0.5, 0.6) is 0 Å². The fourth-order valence-corrected chi connectivity index (χ4v) is 3.59. The van der Waals surface area contributed by atoms with Crippen LogP contribution < -0.4 is 5.32 Å². The molecule has 3 heterocycles. The zero-order valence-electron chi connectivity index (χ0n) is 16.0. The maximum absolute atomic E-state index is 5.24. The first-order valence-electron chi connectivity index (χ1n) is 8.95. The Morgan fingerprint density at radius 1 is 1.42 bits per heavy atom. The third-order valence-corrected chi connectivity index (χ3v) is 5.18. The van der Waals surface area contributed by atoms with Crippen LogP contribution in [0.3, 0.4) is 0 Å².